The maximum Gasteiger partial charge on any atom is 0.391 e. The quantitative estimate of drug-likeness (QED) is 0.354. The minimum atomic E-state index is -4.16. The van der Waals surface area contributed by atoms with Gasteiger partial charge in [0.05, 0.1) is 5.92 Å². The smallest absolute Gasteiger partial charge is 0.294 e. The van der Waals surface area contributed by atoms with E-state index >= 15 is 0 Å². The molecule has 6 heteroatoms. The van der Waals surface area contributed by atoms with Crippen LogP contribution in [-0.2, 0) is 4.79 Å². The topological polar surface area (TPSA) is 55.1 Å². The minimum absolute atomic E-state index is 0.132. The van der Waals surface area contributed by atoms with Gasteiger partial charge in [-0.3, -0.25) is 10.2 Å². The predicted octanol–water partition coefficient (Wildman–Crippen LogP) is 0.565. The van der Waals surface area contributed by atoms with Crippen molar-refractivity contribution in [2.45, 2.75) is 19.0 Å². The van der Waals surface area contributed by atoms with Gasteiger partial charge in [0.1, 0.15) is 0 Å². The zero-order chi connectivity index (χ0) is 9.35. The first-order chi connectivity index (χ1) is 5.45. The monoisotopic (exact) mass is 182 g/mol. The van der Waals surface area contributed by atoms with Gasteiger partial charge in [0.15, 0.2) is 0 Å². The first-order valence-corrected chi connectivity index (χ1v) is 3.52. The van der Waals surface area contributed by atoms with Crippen molar-refractivity contribution in [3.63, 3.8) is 0 Å². The van der Waals surface area contributed by atoms with Crippen molar-refractivity contribution in [2.24, 2.45) is 17.7 Å². The number of alkyl halides is 3. The van der Waals surface area contributed by atoms with E-state index < -0.39 is 23.9 Å². The Morgan fingerprint density at radius 1 is 1.42 bits per heavy atom. The first kappa shape index (κ1) is 9.31. The van der Waals surface area contributed by atoms with E-state index in [0.29, 0.717) is 0 Å². The second kappa shape index (κ2) is 2.93. The van der Waals surface area contributed by atoms with Gasteiger partial charge in [-0.2, -0.15) is 13.2 Å². The zero-order valence-electron chi connectivity index (χ0n) is 6.19. The molecule has 1 rings (SSSR count). The van der Waals surface area contributed by atoms with E-state index in [0.717, 1.165) is 0 Å². The lowest BCUT2D eigenvalue weighted by molar-refractivity contribution is -0.204. The molecule has 0 heterocycles. The summed E-state index contributed by atoms with van der Waals surface area (Å²) in [5.41, 5.74) is 1.83. The third-order valence-electron chi connectivity index (χ3n) is 2.11. The number of hydrazine groups is 1. The van der Waals surface area contributed by atoms with Crippen LogP contribution in [0.15, 0.2) is 0 Å². The number of nitrogens with two attached hydrogens (primary N) is 1. The summed E-state index contributed by atoms with van der Waals surface area (Å²) in [6.45, 7) is 0. The minimum Gasteiger partial charge on any atom is -0.294 e. The highest BCUT2D eigenvalue weighted by atomic mass is 19.4. The van der Waals surface area contributed by atoms with Crippen LogP contribution in [0.25, 0.3) is 0 Å². The summed E-state index contributed by atoms with van der Waals surface area (Å²) in [5.74, 6) is 2.38. The van der Waals surface area contributed by atoms with Gasteiger partial charge in [-0.05, 0) is 12.8 Å². The molecule has 3 nitrogen and oxygen atoms in total. The Hall–Kier alpha value is -0.780. The first-order valence-electron chi connectivity index (χ1n) is 3.52. The van der Waals surface area contributed by atoms with Crippen LogP contribution in [0, 0.1) is 11.8 Å². The van der Waals surface area contributed by atoms with E-state index in [1.54, 1.807) is 0 Å². The molecule has 0 atom stereocenters. The molecule has 12 heavy (non-hydrogen) atoms. The number of hydrogen-bond acceptors (Lipinski definition) is 2. The molecule has 1 aliphatic carbocycles. The van der Waals surface area contributed by atoms with Crippen LogP contribution in [0.1, 0.15) is 12.8 Å². The van der Waals surface area contributed by atoms with Crippen molar-refractivity contribution >= 4 is 5.91 Å². The van der Waals surface area contributed by atoms with Crippen LogP contribution in [0.3, 0.4) is 0 Å². The van der Waals surface area contributed by atoms with Gasteiger partial charge in [-0.15, -0.1) is 0 Å². The lowest BCUT2D eigenvalue weighted by atomic mass is 9.74. The van der Waals surface area contributed by atoms with E-state index in [-0.39, 0.29) is 12.8 Å². The van der Waals surface area contributed by atoms with Crippen molar-refractivity contribution < 1.29 is 18.0 Å². The number of halogens is 3. The third-order valence-corrected chi connectivity index (χ3v) is 2.11. The van der Waals surface area contributed by atoms with Gasteiger partial charge in [-0.1, -0.05) is 0 Å². The molecule has 1 aliphatic rings. The maximum atomic E-state index is 11.9. The molecule has 0 aromatic rings. The number of carbonyl (C=O) groups excluding carboxylic acids is 1. The van der Waals surface area contributed by atoms with Gasteiger partial charge in [0.25, 0.3) is 0 Å². The Labute approximate surface area is 67.1 Å². The molecule has 1 fully saturated rings. The Morgan fingerprint density at radius 3 is 2.25 bits per heavy atom. The summed E-state index contributed by atoms with van der Waals surface area (Å²) >= 11 is 0. The molecule has 0 unspecified atom stereocenters. The summed E-state index contributed by atoms with van der Waals surface area (Å²) in [6.07, 6.45) is -4.43. The van der Waals surface area contributed by atoms with Gasteiger partial charge in [-0.25, -0.2) is 5.84 Å². The van der Waals surface area contributed by atoms with Crippen LogP contribution in [-0.4, -0.2) is 12.1 Å². The summed E-state index contributed by atoms with van der Waals surface area (Å²) < 4.78 is 35.6. The molecule has 0 aromatic heterocycles. The molecule has 3 N–H and O–H groups in total. The van der Waals surface area contributed by atoms with Crippen LogP contribution >= 0.6 is 0 Å². The lowest BCUT2D eigenvalue weighted by Gasteiger charge is -2.34. The maximum absolute atomic E-state index is 11.9. The molecule has 70 valence electrons. The molecule has 0 aromatic carbocycles. The predicted molar refractivity (Wildman–Crippen MR) is 34.6 cm³/mol. The van der Waals surface area contributed by atoms with E-state index in [1.807, 2.05) is 5.43 Å². The molecule has 0 radical (unpaired) electrons. The summed E-state index contributed by atoms with van der Waals surface area (Å²) in [7, 11) is 0. The Morgan fingerprint density at radius 2 is 1.92 bits per heavy atom. The van der Waals surface area contributed by atoms with Crippen LogP contribution in [0.4, 0.5) is 13.2 Å². The van der Waals surface area contributed by atoms with E-state index in [2.05, 4.69) is 0 Å². The average Bonchev–Trinajstić information content (AvgIpc) is 1.80. The van der Waals surface area contributed by atoms with Gasteiger partial charge in [0, 0.05) is 5.92 Å². The Balaban J connectivity index is 2.34. The van der Waals surface area contributed by atoms with Gasteiger partial charge in [0.2, 0.25) is 5.91 Å². The third kappa shape index (κ3) is 1.69. The molecule has 0 saturated heterocycles. The number of amides is 1. The fourth-order valence-electron chi connectivity index (χ4n) is 1.22. The highest BCUT2D eigenvalue weighted by Gasteiger charge is 2.49. The second-order valence-corrected chi connectivity index (χ2v) is 2.92. The fraction of sp³-hybridized carbons (Fsp3) is 0.833. The van der Waals surface area contributed by atoms with Crippen LogP contribution < -0.4 is 11.3 Å². The second-order valence-electron chi connectivity index (χ2n) is 2.92. The molecular formula is C6H9F3N2O. The normalized spacial score (nSPS) is 29.3. The van der Waals surface area contributed by atoms with Crippen molar-refractivity contribution in [3.05, 3.63) is 0 Å². The van der Waals surface area contributed by atoms with Crippen molar-refractivity contribution in [1.82, 2.24) is 5.43 Å². The number of hydrogen-bond donors (Lipinski definition) is 2. The highest BCUT2D eigenvalue weighted by molar-refractivity contribution is 5.78. The molecular weight excluding hydrogens is 173 g/mol. The number of carbonyl (C=O) groups is 1. The van der Waals surface area contributed by atoms with Crippen LogP contribution in [0.5, 0.6) is 0 Å². The molecule has 1 saturated carbocycles. The SMILES string of the molecule is NNC(=O)[C@H]1C[C@@H](C(F)(F)F)C1. The zero-order valence-corrected chi connectivity index (χ0v) is 6.19. The van der Waals surface area contributed by atoms with Crippen molar-refractivity contribution in [1.29, 1.82) is 0 Å². The number of rotatable bonds is 1. The summed E-state index contributed by atoms with van der Waals surface area (Å²) in [4.78, 5) is 10.7. The van der Waals surface area contributed by atoms with Crippen molar-refractivity contribution in [3.8, 4) is 0 Å². The molecule has 0 aliphatic heterocycles. The largest absolute Gasteiger partial charge is 0.391 e. The Bertz CT molecular complexity index is 186. The standard InChI is InChI=1S/C6H9F3N2O/c7-6(8,9)4-1-3(2-4)5(12)11-10/h3-4H,1-2,10H2,(H,11,12)/t3-,4+. The molecule has 0 bridgehead atoms. The fourth-order valence-corrected chi connectivity index (χ4v) is 1.22. The highest BCUT2D eigenvalue weighted by Crippen LogP contribution is 2.44. The molecule has 1 amide bonds. The summed E-state index contributed by atoms with van der Waals surface area (Å²) in [5, 5.41) is 0. The van der Waals surface area contributed by atoms with E-state index in [4.69, 9.17) is 5.84 Å². The van der Waals surface area contributed by atoms with Gasteiger partial charge < -0.3 is 0 Å². The van der Waals surface area contributed by atoms with Crippen molar-refractivity contribution in [2.75, 3.05) is 0 Å². The Kier molecular flexibility index (Phi) is 2.27. The number of nitrogens with one attached hydrogen (secondary N) is 1. The van der Waals surface area contributed by atoms with E-state index in [1.165, 1.54) is 0 Å². The average molecular weight is 182 g/mol. The van der Waals surface area contributed by atoms with E-state index in [9.17, 15) is 18.0 Å². The summed E-state index contributed by atoms with van der Waals surface area (Å²) in [6, 6.07) is 0. The van der Waals surface area contributed by atoms with Gasteiger partial charge >= 0.3 is 6.18 Å². The van der Waals surface area contributed by atoms with Crippen LogP contribution in [0.2, 0.25) is 0 Å². The molecule has 0 spiro atoms. The lowest BCUT2D eigenvalue weighted by Crippen LogP contribution is -2.45.